The van der Waals surface area contributed by atoms with Crippen LogP contribution in [0.25, 0.3) is 11.3 Å². The van der Waals surface area contributed by atoms with E-state index in [-0.39, 0.29) is 51.4 Å². The van der Waals surface area contributed by atoms with Crippen LogP contribution in [0.4, 0.5) is 18.9 Å². The van der Waals surface area contributed by atoms with Crippen LogP contribution < -0.4 is 10.6 Å². The minimum absolute atomic E-state index is 0.0562. The van der Waals surface area contributed by atoms with Crippen molar-refractivity contribution < 1.29 is 27.6 Å². The maximum atomic E-state index is 13.7. The number of piperidine rings is 1. The van der Waals surface area contributed by atoms with Crippen molar-refractivity contribution in [1.82, 2.24) is 34.4 Å². The Morgan fingerprint density at radius 3 is 2.36 bits per heavy atom. The lowest BCUT2D eigenvalue weighted by Gasteiger charge is -2.35. The zero-order valence-corrected chi connectivity index (χ0v) is 24.5. The second-order valence-corrected chi connectivity index (χ2v) is 12.3. The first-order valence-electron chi connectivity index (χ1n) is 14.6. The number of carbonyl (C=O) groups is 3. The maximum absolute atomic E-state index is 13.7. The normalized spacial score (nSPS) is 23.1. The predicted molar refractivity (Wildman–Crippen MR) is 153 cm³/mol. The molecule has 0 spiro atoms. The van der Waals surface area contributed by atoms with E-state index in [9.17, 15) is 27.6 Å². The van der Waals surface area contributed by atoms with Gasteiger partial charge in [-0.15, -0.1) is 0 Å². The minimum atomic E-state index is -4.67. The molecule has 15 heteroatoms. The number of anilines is 1. The molecule has 2 saturated heterocycles. The molecule has 2 N–H and O–H groups in total. The Morgan fingerprint density at radius 2 is 1.73 bits per heavy atom. The van der Waals surface area contributed by atoms with Gasteiger partial charge in [0.25, 0.3) is 11.8 Å². The molecular weight excluding hydrogens is 601 g/mol. The smallest absolute Gasteiger partial charge is 0.339 e. The van der Waals surface area contributed by atoms with Crippen molar-refractivity contribution in [3.63, 3.8) is 0 Å². The van der Waals surface area contributed by atoms with Crippen molar-refractivity contribution in [3.05, 3.63) is 52.7 Å². The molecule has 11 nitrogen and oxygen atoms in total. The quantitative estimate of drug-likeness (QED) is 0.432. The maximum Gasteiger partial charge on any atom is 0.435 e. The Labute approximate surface area is 255 Å². The Bertz CT molecular complexity index is 1650. The van der Waals surface area contributed by atoms with Crippen LogP contribution >= 0.6 is 11.6 Å². The van der Waals surface area contributed by atoms with E-state index >= 15 is 0 Å². The average molecular weight is 631 g/mol. The Morgan fingerprint density at radius 1 is 1.05 bits per heavy atom. The molecule has 2 aliphatic heterocycles. The van der Waals surface area contributed by atoms with Crippen LogP contribution in [0.15, 0.2) is 30.6 Å². The Balaban J connectivity index is 1.000. The number of carbonyl (C=O) groups excluding carboxylic acids is 3. The predicted octanol–water partition coefficient (Wildman–Crippen LogP) is 3.29. The van der Waals surface area contributed by atoms with E-state index in [1.165, 1.54) is 46.9 Å². The van der Waals surface area contributed by atoms with E-state index in [0.29, 0.717) is 43.7 Å². The van der Waals surface area contributed by atoms with Gasteiger partial charge in [0.2, 0.25) is 5.91 Å². The fraction of sp³-hybridized carbons (Fsp3) is 0.483. The van der Waals surface area contributed by atoms with Crippen LogP contribution in [-0.2, 0) is 18.0 Å². The molecule has 2 saturated carbocycles. The molecule has 1 unspecified atom stereocenters. The number of hydrogen-bond donors (Lipinski definition) is 2. The van der Waals surface area contributed by atoms with E-state index in [0.717, 1.165) is 25.9 Å². The highest BCUT2D eigenvalue weighted by molar-refractivity contribution is 6.34. The Kier molecular flexibility index (Phi) is 6.96. The second kappa shape index (κ2) is 10.6. The number of imidazole rings is 1. The molecule has 1 aromatic carbocycles. The van der Waals surface area contributed by atoms with Crippen molar-refractivity contribution in [3.8, 4) is 11.3 Å². The molecular formula is C29H30ClF3N8O3. The lowest BCUT2D eigenvalue weighted by molar-refractivity contribution is -0.141. The number of nitrogens with zero attached hydrogens (tertiary/aromatic N) is 6. The Hall–Kier alpha value is -3.91. The third kappa shape index (κ3) is 5.13. The molecule has 0 radical (unpaired) electrons. The summed E-state index contributed by atoms with van der Waals surface area (Å²) < 4.78 is 43.8. The van der Waals surface area contributed by atoms with E-state index in [1.54, 1.807) is 4.90 Å². The second-order valence-electron chi connectivity index (χ2n) is 11.9. The fourth-order valence-corrected chi connectivity index (χ4v) is 6.70. The zero-order chi connectivity index (χ0) is 30.9. The molecule has 44 heavy (non-hydrogen) atoms. The molecule has 4 aliphatic rings. The molecule has 0 bridgehead atoms. The van der Waals surface area contributed by atoms with E-state index in [1.807, 2.05) is 4.90 Å². The topological polar surface area (TPSA) is 117 Å². The summed E-state index contributed by atoms with van der Waals surface area (Å²) in [6.45, 7) is 3.53. The van der Waals surface area contributed by atoms with Gasteiger partial charge >= 0.3 is 6.18 Å². The first-order chi connectivity index (χ1) is 21.0. The van der Waals surface area contributed by atoms with Crippen LogP contribution in [0.5, 0.6) is 0 Å². The summed E-state index contributed by atoms with van der Waals surface area (Å²) in [5.41, 5.74) is -0.520. The summed E-state index contributed by atoms with van der Waals surface area (Å²) in [4.78, 5) is 46.8. The molecule has 2 aliphatic carbocycles. The third-order valence-corrected chi connectivity index (χ3v) is 9.41. The first-order valence-corrected chi connectivity index (χ1v) is 15.0. The largest absolute Gasteiger partial charge is 0.435 e. The number of benzene rings is 1. The third-order valence-electron chi connectivity index (χ3n) is 9.10. The van der Waals surface area contributed by atoms with Gasteiger partial charge in [-0.05, 0) is 56.0 Å². The fourth-order valence-electron chi connectivity index (χ4n) is 6.43. The first kappa shape index (κ1) is 28.8. The average Bonchev–Trinajstić information content (AvgIpc) is 3.78. The van der Waals surface area contributed by atoms with Crippen LogP contribution in [0.1, 0.15) is 45.6 Å². The number of halogens is 4. The number of hydrogen-bond acceptors (Lipinski definition) is 6. The van der Waals surface area contributed by atoms with Gasteiger partial charge in [-0.3, -0.25) is 19.1 Å². The summed E-state index contributed by atoms with van der Waals surface area (Å²) in [6, 6.07) is 4.43. The highest BCUT2D eigenvalue weighted by Crippen LogP contribution is 2.49. The lowest BCUT2D eigenvalue weighted by Crippen LogP contribution is -2.51. The van der Waals surface area contributed by atoms with Crippen molar-refractivity contribution in [2.24, 2.45) is 24.8 Å². The van der Waals surface area contributed by atoms with Crippen LogP contribution in [0.3, 0.4) is 0 Å². The van der Waals surface area contributed by atoms with Crippen molar-refractivity contribution in [2.75, 3.05) is 44.6 Å². The summed E-state index contributed by atoms with van der Waals surface area (Å²) in [7, 11) is 1.46. The molecule has 3 aromatic rings. The van der Waals surface area contributed by atoms with Gasteiger partial charge in [0.1, 0.15) is 0 Å². The molecule has 3 atom stereocenters. The standard InChI is InChI=1S/C29H30ClF3N8O3/c1-38-22(20-14-41(16-3-4-16)37-24(20)29(31,32)33)13-35-25(38)26(42)36-15-2-5-17(21(30)10-15)27(43)39-6-8-40(9-7-39)28(44)23-18-11-34-12-19(18)23/h2,5,10,13-14,16,18-19,23,34H,3-4,6-9,11-12H2,1H3,(H,36,42)/t18-,19+,23?. The van der Waals surface area contributed by atoms with Gasteiger partial charge < -0.3 is 25.0 Å². The van der Waals surface area contributed by atoms with E-state index < -0.39 is 17.8 Å². The molecule has 4 heterocycles. The SMILES string of the molecule is Cn1c(-c2cn(C3CC3)nc2C(F)(F)F)cnc1C(=O)Nc1ccc(C(=O)N2CCN(C(=O)C3[C@H]4CNC[C@@H]34)CC2)c(Cl)c1. The molecule has 7 rings (SSSR count). The summed E-state index contributed by atoms with van der Waals surface area (Å²) in [6.07, 6.45) is -0.574. The number of amides is 3. The number of rotatable bonds is 6. The van der Waals surface area contributed by atoms with Gasteiger partial charge in [-0.2, -0.15) is 18.3 Å². The van der Waals surface area contributed by atoms with Gasteiger partial charge in [0, 0.05) is 51.0 Å². The summed E-state index contributed by atoms with van der Waals surface area (Å²) >= 11 is 6.46. The van der Waals surface area contributed by atoms with Crippen molar-refractivity contribution in [2.45, 2.75) is 25.1 Å². The minimum Gasteiger partial charge on any atom is -0.339 e. The summed E-state index contributed by atoms with van der Waals surface area (Å²) in [5.74, 6) is 0.138. The van der Waals surface area contributed by atoms with Crippen LogP contribution in [-0.4, -0.2) is 86.1 Å². The zero-order valence-electron chi connectivity index (χ0n) is 23.8. The number of nitrogens with one attached hydrogen (secondary N) is 2. The molecule has 4 fully saturated rings. The monoisotopic (exact) mass is 630 g/mol. The van der Waals surface area contributed by atoms with Gasteiger partial charge in [0.05, 0.1) is 34.1 Å². The lowest BCUT2D eigenvalue weighted by atomic mass is 10.1. The van der Waals surface area contributed by atoms with Gasteiger partial charge in [0.15, 0.2) is 11.5 Å². The number of aromatic nitrogens is 4. The number of alkyl halides is 3. The van der Waals surface area contributed by atoms with Gasteiger partial charge in [-0.1, -0.05) is 11.6 Å². The van der Waals surface area contributed by atoms with Crippen LogP contribution in [0.2, 0.25) is 5.02 Å². The highest BCUT2D eigenvalue weighted by Gasteiger charge is 2.58. The van der Waals surface area contributed by atoms with E-state index in [4.69, 9.17) is 11.6 Å². The molecule has 232 valence electrons. The number of piperazine rings is 1. The van der Waals surface area contributed by atoms with Crippen molar-refractivity contribution >= 4 is 35.0 Å². The molecule has 3 amide bonds. The van der Waals surface area contributed by atoms with E-state index in [2.05, 4.69) is 20.7 Å². The summed E-state index contributed by atoms with van der Waals surface area (Å²) in [5, 5.41) is 9.85. The van der Waals surface area contributed by atoms with Crippen molar-refractivity contribution in [1.29, 1.82) is 0 Å². The highest BCUT2D eigenvalue weighted by atomic mass is 35.5. The van der Waals surface area contributed by atoms with Gasteiger partial charge in [-0.25, -0.2) is 4.98 Å². The van der Waals surface area contributed by atoms with Crippen LogP contribution in [0, 0.1) is 17.8 Å². The number of fused-ring (bicyclic) bond motifs is 1. The molecule has 2 aromatic heterocycles.